The SMILES string of the molecule is CC/C=C/C/C=C/C/C=C/C/C=C/C/C=C/CCCC(=O)OCC(COCCC(C(=O)[O-])[N+](C)(C)C)OC(=O)CCCCCCCCCCCC/C=C/C/C=C/C/C=C/CC. The Hall–Kier alpha value is -3.75. The van der Waals surface area contributed by atoms with Gasteiger partial charge in [-0.15, -0.1) is 0 Å². The number of allylic oxidation sites excluding steroid dienone is 16. The molecule has 0 amide bonds. The Morgan fingerprint density at radius 1 is 0.492 bits per heavy atom. The molecule has 0 heterocycles. The van der Waals surface area contributed by atoms with E-state index in [0.29, 0.717) is 12.8 Å². The maximum Gasteiger partial charge on any atom is 0.306 e. The van der Waals surface area contributed by atoms with Crippen molar-refractivity contribution in [2.75, 3.05) is 41.0 Å². The number of hydrogen-bond donors (Lipinski definition) is 0. The topological polar surface area (TPSA) is 102 Å². The van der Waals surface area contributed by atoms with Crippen LogP contribution >= 0.6 is 0 Å². The summed E-state index contributed by atoms with van der Waals surface area (Å²) in [6.07, 6.45) is 57.3. The monoisotopic (exact) mass is 850 g/mol. The third-order valence-electron chi connectivity index (χ3n) is 9.97. The molecule has 0 aliphatic carbocycles. The van der Waals surface area contributed by atoms with Crippen molar-refractivity contribution in [3.63, 3.8) is 0 Å². The molecular weight excluding hydrogens is 763 g/mol. The molecule has 0 spiro atoms. The molecule has 0 aliphatic rings. The molecular formula is C53H87NO7. The number of likely N-dealkylation sites (N-methyl/N-ethyl adjacent to an activating group) is 1. The highest BCUT2D eigenvalue weighted by Crippen LogP contribution is 2.14. The molecule has 0 fully saturated rings. The number of carbonyl (C=O) groups excluding carboxylic acids is 3. The summed E-state index contributed by atoms with van der Waals surface area (Å²) in [5.41, 5.74) is 0. The summed E-state index contributed by atoms with van der Waals surface area (Å²) in [6, 6.07) is -0.740. The summed E-state index contributed by atoms with van der Waals surface area (Å²) in [5, 5.41) is 11.6. The van der Waals surface area contributed by atoms with E-state index in [2.05, 4.69) is 111 Å². The fraction of sp³-hybridized carbons (Fsp3) is 0.642. The molecule has 0 saturated carbocycles. The van der Waals surface area contributed by atoms with E-state index in [1.807, 2.05) is 0 Å². The second-order valence-electron chi connectivity index (χ2n) is 16.6. The van der Waals surface area contributed by atoms with Crippen molar-refractivity contribution in [1.29, 1.82) is 0 Å². The lowest BCUT2D eigenvalue weighted by Gasteiger charge is -2.34. The number of ether oxygens (including phenoxy) is 3. The van der Waals surface area contributed by atoms with E-state index in [0.717, 1.165) is 77.0 Å². The van der Waals surface area contributed by atoms with Crippen LogP contribution in [0.5, 0.6) is 0 Å². The number of unbranched alkanes of at least 4 members (excludes halogenated alkanes) is 11. The summed E-state index contributed by atoms with van der Waals surface area (Å²) in [7, 11) is 5.38. The number of nitrogens with zero attached hydrogens (tertiary/aromatic N) is 1. The van der Waals surface area contributed by atoms with Gasteiger partial charge >= 0.3 is 11.9 Å². The highest BCUT2D eigenvalue weighted by Gasteiger charge is 2.25. The van der Waals surface area contributed by atoms with E-state index >= 15 is 0 Å². The van der Waals surface area contributed by atoms with Crippen LogP contribution < -0.4 is 5.11 Å². The first kappa shape index (κ1) is 57.2. The highest BCUT2D eigenvalue weighted by molar-refractivity contribution is 5.70. The van der Waals surface area contributed by atoms with Gasteiger partial charge in [-0.1, -0.05) is 162 Å². The zero-order valence-electron chi connectivity index (χ0n) is 39.3. The predicted octanol–water partition coefficient (Wildman–Crippen LogP) is 12.1. The number of esters is 2. The highest BCUT2D eigenvalue weighted by atomic mass is 16.6. The Morgan fingerprint density at radius 3 is 1.33 bits per heavy atom. The van der Waals surface area contributed by atoms with Crippen LogP contribution in [0.2, 0.25) is 0 Å². The zero-order valence-corrected chi connectivity index (χ0v) is 39.3. The van der Waals surface area contributed by atoms with E-state index in [1.54, 1.807) is 21.1 Å². The molecule has 0 aromatic heterocycles. The molecule has 8 heteroatoms. The predicted molar refractivity (Wildman–Crippen MR) is 254 cm³/mol. The first-order valence-electron chi connectivity index (χ1n) is 23.8. The molecule has 0 aliphatic heterocycles. The summed E-state index contributed by atoms with van der Waals surface area (Å²) >= 11 is 0. The van der Waals surface area contributed by atoms with Gasteiger partial charge in [-0.25, -0.2) is 0 Å². The van der Waals surface area contributed by atoms with Crippen LogP contribution in [0.15, 0.2) is 97.2 Å². The number of rotatable bonds is 41. The van der Waals surface area contributed by atoms with Crippen LogP contribution in [0.3, 0.4) is 0 Å². The van der Waals surface area contributed by atoms with Gasteiger partial charge in [0.2, 0.25) is 0 Å². The number of carbonyl (C=O) groups is 3. The van der Waals surface area contributed by atoms with Crippen molar-refractivity contribution >= 4 is 17.9 Å². The van der Waals surface area contributed by atoms with Gasteiger partial charge in [-0.05, 0) is 83.5 Å². The van der Waals surface area contributed by atoms with Gasteiger partial charge in [0, 0.05) is 19.3 Å². The molecule has 346 valence electrons. The van der Waals surface area contributed by atoms with E-state index in [-0.39, 0.29) is 49.1 Å². The van der Waals surface area contributed by atoms with E-state index < -0.39 is 18.1 Å². The summed E-state index contributed by atoms with van der Waals surface area (Å²) in [5.74, 6) is -1.83. The van der Waals surface area contributed by atoms with Crippen LogP contribution in [0, 0.1) is 0 Å². The molecule has 8 nitrogen and oxygen atoms in total. The molecule has 0 aromatic carbocycles. The third kappa shape index (κ3) is 41.4. The summed E-state index contributed by atoms with van der Waals surface area (Å²) < 4.78 is 17.1. The molecule has 0 aromatic rings. The molecule has 2 unspecified atom stereocenters. The average Bonchev–Trinajstić information content (AvgIpc) is 3.22. The fourth-order valence-electron chi connectivity index (χ4n) is 6.36. The van der Waals surface area contributed by atoms with E-state index in [1.165, 1.54) is 51.4 Å². The molecule has 0 rings (SSSR count). The van der Waals surface area contributed by atoms with Crippen molar-refractivity contribution < 1.29 is 38.2 Å². The lowest BCUT2D eigenvalue weighted by atomic mass is 10.0. The van der Waals surface area contributed by atoms with Crippen LogP contribution in [-0.2, 0) is 28.6 Å². The van der Waals surface area contributed by atoms with E-state index in [4.69, 9.17) is 14.2 Å². The first-order valence-corrected chi connectivity index (χ1v) is 23.8. The van der Waals surface area contributed by atoms with Gasteiger partial charge in [0.25, 0.3) is 0 Å². The third-order valence-corrected chi connectivity index (χ3v) is 9.97. The molecule has 0 N–H and O–H groups in total. The molecule has 0 saturated heterocycles. The molecule has 0 radical (unpaired) electrons. The van der Waals surface area contributed by atoms with Crippen molar-refractivity contribution in [2.45, 2.75) is 180 Å². The normalized spacial score (nSPS) is 13.8. The largest absolute Gasteiger partial charge is 0.544 e. The van der Waals surface area contributed by atoms with Crippen molar-refractivity contribution in [1.82, 2.24) is 0 Å². The zero-order chi connectivity index (χ0) is 44.9. The smallest absolute Gasteiger partial charge is 0.306 e. The van der Waals surface area contributed by atoms with E-state index in [9.17, 15) is 19.5 Å². The summed E-state index contributed by atoms with van der Waals surface area (Å²) in [6.45, 7) is 4.36. The molecule has 2 atom stereocenters. The Labute approximate surface area is 373 Å². The van der Waals surface area contributed by atoms with Gasteiger partial charge in [0.15, 0.2) is 6.10 Å². The lowest BCUT2D eigenvalue weighted by Crippen LogP contribution is -2.55. The van der Waals surface area contributed by atoms with Gasteiger partial charge in [0.05, 0.1) is 40.3 Å². The standard InChI is InChI=1S/C53H87NO7/c1-6-8-10-12-14-16-18-20-22-24-25-26-28-30-32-34-36-38-40-42-44-52(56)61-49(47-59-46-45-50(53(57)58)54(3,4)5)48-60-51(55)43-41-39-37-35-33-31-29-27-23-21-19-17-15-13-11-9-7-2/h8-11,14-17,20-23,29,31,35,37,49-50H,6-7,12-13,18-19,24-28,30,32-34,36,38-48H2,1-5H3/b10-8+,11-9+,16-14+,17-15+,22-20+,23-21+,31-29+,37-35+. The van der Waals surface area contributed by atoms with Gasteiger partial charge in [-0.3, -0.25) is 9.59 Å². The summed E-state index contributed by atoms with van der Waals surface area (Å²) in [4.78, 5) is 36.9. The van der Waals surface area contributed by atoms with Crippen LogP contribution in [-0.4, -0.2) is 75.5 Å². The average molecular weight is 850 g/mol. The number of carboxylic acid groups (broad SMARTS) is 1. The first-order chi connectivity index (χ1) is 29.6. The van der Waals surface area contributed by atoms with Crippen molar-refractivity contribution in [2.24, 2.45) is 0 Å². The Morgan fingerprint density at radius 2 is 0.885 bits per heavy atom. The van der Waals surface area contributed by atoms with Crippen LogP contribution in [0.25, 0.3) is 0 Å². The second kappa shape index (κ2) is 42.9. The minimum absolute atomic E-state index is 0.0156. The minimum atomic E-state index is -1.14. The second-order valence-corrected chi connectivity index (χ2v) is 16.6. The number of aliphatic carboxylic acids is 1. The Bertz CT molecular complexity index is 1310. The Kier molecular flexibility index (Phi) is 40.3. The fourth-order valence-corrected chi connectivity index (χ4v) is 6.36. The number of carboxylic acids is 1. The molecule has 0 bridgehead atoms. The van der Waals surface area contributed by atoms with Crippen molar-refractivity contribution in [3.05, 3.63) is 97.2 Å². The number of hydrogen-bond acceptors (Lipinski definition) is 7. The molecule has 61 heavy (non-hydrogen) atoms. The van der Waals surface area contributed by atoms with Crippen molar-refractivity contribution in [3.8, 4) is 0 Å². The lowest BCUT2D eigenvalue weighted by molar-refractivity contribution is -0.889. The Balaban J connectivity index is 4.39. The van der Waals surface area contributed by atoms with Crippen LogP contribution in [0.4, 0.5) is 0 Å². The number of quaternary nitrogens is 1. The maximum absolute atomic E-state index is 12.8. The van der Waals surface area contributed by atoms with Gasteiger partial charge < -0.3 is 28.6 Å². The van der Waals surface area contributed by atoms with Crippen LogP contribution in [0.1, 0.15) is 168 Å². The minimum Gasteiger partial charge on any atom is -0.544 e. The quantitative estimate of drug-likeness (QED) is 0.0261. The maximum atomic E-state index is 12.8. The van der Waals surface area contributed by atoms with Gasteiger partial charge in [0.1, 0.15) is 12.6 Å². The van der Waals surface area contributed by atoms with Gasteiger partial charge in [-0.2, -0.15) is 0 Å².